The van der Waals surface area contributed by atoms with Gasteiger partial charge in [-0.3, -0.25) is 9.80 Å². The van der Waals surface area contributed by atoms with E-state index in [2.05, 4.69) is 19.6 Å². The molecule has 0 amide bonds. The minimum absolute atomic E-state index is 0.00417. The number of anilines is 2. The second kappa shape index (κ2) is 21.7. The van der Waals surface area contributed by atoms with Gasteiger partial charge in [-0.25, -0.2) is 16.8 Å². The first-order valence-corrected chi connectivity index (χ1v) is 27.2. The van der Waals surface area contributed by atoms with Crippen molar-refractivity contribution in [1.82, 2.24) is 18.4 Å². The summed E-state index contributed by atoms with van der Waals surface area (Å²) in [5.41, 5.74) is 1.80. The lowest BCUT2D eigenvalue weighted by atomic mass is 9.98. The molecule has 66 heavy (non-hydrogen) atoms. The second-order valence-corrected chi connectivity index (χ2v) is 24.5. The van der Waals surface area contributed by atoms with Gasteiger partial charge in [-0.15, -0.1) is 22.7 Å². The van der Waals surface area contributed by atoms with E-state index in [0.29, 0.717) is 100 Å². The van der Waals surface area contributed by atoms with Gasteiger partial charge >= 0.3 is 0 Å². The van der Waals surface area contributed by atoms with Gasteiger partial charge in [-0.05, 0) is 86.0 Å². The maximum absolute atomic E-state index is 13.2. The Labute approximate surface area is 398 Å². The van der Waals surface area contributed by atoms with Gasteiger partial charge in [0, 0.05) is 76.8 Å². The smallest absolute Gasteiger partial charge is 0.252 e. The quantitative estimate of drug-likeness (QED) is 0.145. The van der Waals surface area contributed by atoms with Crippen molar-refractivity contribution in [3.63, 3.8) is 0 Å². The van der Waals surface area contributed by atoms with Crippen LogP contribution in [-0.2, 0) is 40.7 Å². The molecule has 0 unspecified atom stereocenters. The summed E-state index contributed by atoms with van der Waals surface area (Å²) in [6.45, 7) is 14.5. The summed E-state index contributed by atoms with van der Waals surface area (Å²) < 4.78 is 67.8. The molecule has 364 valence electrons. The normalized spacial score (nSPS) is 23.7. The number of ether oxygens (including phenoxy) is 2. The lowest BCUT2D eigenvalue weighted by molar-refractivity contribution is -0.0309. The van der Waals surface area contributed by atoms with Crippen molar-refractivity contribution in [1.29, 1.82) is 0 Å². The number of hydrogen-bond donors (Lipinski definition) is 4. The van der Waals surface area contributed by atoms with Gasteiger partial charge in [0.1, 0.15) is 8.42 Å². The standard InChI is InChI=1S/2C23H33N3O5S2/c2*1-23(2,28)18-5-7-19(8-6-18)26-10-9-25(33(29,30)22-4-3-13-32-22)15-20(26)14-24-11-12-31-17-21(24)16-27/h2*3-8,13,20-21,27-28H,9-12,14-17H2,1-2H3/t2*20-,21+/m00/s1. The fourth-order valence-electron chi connectivity index (χ4n) is 9.02. The monoisotopic (exact) mass is 990 g/mol. The van der Waals surface area contributed by atoms with Crippen LogP contribution in [-0.4, -0.2) is 185 Å². The van der Waals surface area contributed by atoms with Crippen molar-refractivity contribution in [3.05, 3.63) is 94.7 Å². The first kappa shape index (κ1) is 50.8. The third-order valence-corrected chi connectivity index (χ3v) is 19.4. The predicted octanol–water partition coefficient (Wildman–Crippen LogP) is 3.10. The van der Waals surface area contributed by atoms with Crippen LogP contribution in [0.25, 0.3) is 0 Å². The maximum Gasteiger partial charge on any atom is 0.252 e. The highest BCUT2D eigenvalue weighted by Crippen LogP contribution is 2.32. The van der Waals surface area contributed by atoms with Crippen LogP contribution in [0.5, 0.6) is 0 Å². The number of hydrogen-bond acceptors (Lipinski definition) is 16. The largest absolute Gasteiger partial charge is 0.395 e. The zero-order chi connectivity index (χ0) is 47.3. The topological polar surface area (TPSA) is 187 Å². The van der Waals surface area contributed by atoms with E-state index < -0.39 is 31.2 Å². The average Bonchev–Trinajstić information content (AvgIpc) is 4.07. The first-order chi connectivity index (χ1) is 31.4. The lowest BCUT2D eigenvalue weighted by Crippen LogP contribution is -2.60. The second-order valence-electron chi connectivity index (χ2n) is 18.3. The van der Waals surface area contributed by atoms with E-state index in [1.807, 2.05) is 48.5 Å². The fraction of sp³-hybridized carbons (Fsp3) is 0.565. The number of rotatable bonds is 14. The van der Waals surface area contributed by atoms with Crippen LogP contribution in [0.3, 0.4) is 0 Å². The number of piperazine rings is 2. The van der Waals surface area contributed by atoms with Gasteiger partial charge in [-0.1, -0.05) is 36.4 Å². The molecule has 4 aliphatic heterocycles. The van der Waals surface area contributed by atoms with Crippen molar-refractivity contribution in [2.24, 2.45) is 0 Å². The van der Waals surface area contributed by atoms with Crippen LogP contribution < -0.4 is 9.80 Å². The minimum Gasteiger partial charge on any atom is -0.395 e. The molecule has 4 fully saturated rings. The molecule has 6 heterocycles. The Hall–Kier alpha value is -3.06. The number of thiophene rings is 2. The molecule has 4 aliphatic rings. The molecule has 4 saturated heterocycles. The summed E-state index contributed by atoms with van der Waals surface area (Å²) in [6.07, 6.45) is 0. The van der Waals surface area contributed by atoms with Crippen molar-refractivity contribution < 1.29 is 46.7 Å². The van der Waals surface area contributed by atoms with E-state index in [-0.39, 0.29) is 37.4 Å². The number of aliphatic hydroxyl groups excluding tert-OH is 2. The van der Waals surface area contributed by atoms with Gasteiger partial charge < -0.3 is 39.7 Å². The molecule has 0 aliphatic carbocycles. The highest BCUT2D eigenvalue weighted by Gasteiger charge is 2.39. The van der Waals surface area contributed by atoms with E-state index in [4.69, 9.17) is 9.47 Å². The summed E-state index contributed by atoms with van der Waals surface area (Å²) in [4.78, 5) is 8.90. The number of morpholine rings is 2. The van der Waals surface area contributed by atoms with Gasteiger partial charge in [0.15, 0.2) is 0 Å². The van der Waals surface area contributed by atoms with Crippen LogP contribution in [0, 0.1) is 0 Å². The Bertz CT molecular complexity index is 2180. The third kappa shape index (κ3) is 12.0. The van der Waals surface area contributed by atoms with E-state index in [1.54, 1.807) is 71.3 Å². The third-order valence-electron chi connectivity index (χ3n) is 12.9. The SMILES string of the molecule is CC(C)(O)c1ccc(N2CCN(S(=O)(=O)c3cccs3)C[C@@H]2CN2CCOC[C@H]2CO)cc1.CC(C)(O)c1ccc(N2CCN(S(=O)(=O)c3cccs3)C[C@@H]2CN2CCOC[C@H]2CO)cc1. The molecule has 2 aromatic carbocycles. The van der Waals surface area contributed by atoms with Gasteiger partial charge in [-0.2, -0.15) is 8.61 Å². The number of aliphatic hydroxyl groups is 4. The lowest BCUT2D eigenvalue weighted by Gasteiger charge is -2.45. The Morgan fingerprint density at radius 2 is 0.939 bits per heavy atom. The van der Waals surface area contributed by atoms with Crippen molar-refractivity contribution in [2.45, 2.75) is 71.5 Å². The molecule has 4 atom stereocenters. The van der Waals surface area contributed by atoms with Crippen LogP contribution in [0.4, 0.5) is 11.4 Å². The van der Waals surface area contributed by atoms with Crippen molar-refractivity contribution >= 4 is 54.1 Å². The summed E-state index contributed by atoms with van der Waals surface area (Å²) in [5.74, 6) is 0. The summed E-state index contributed by atoms with van der Waals surface area (Å²) in [7, 11) is -7.09. The average molecular weight is 991 g/mol. The molecule has 0 saturated carbocycles. The van der Waals surface area contributed by atoms with Gasteiger partial charge in [0.2, 0.25) is 0 Å². The molecule has 20 heteroatoms. The molecule has 2 aromatic heterocycles. The Morgan fingerprint density at radius 1 is 0.561 bits per heavy atom. The van der Waals surface area contributed by atoms with Gasteiger partial charge in [0.25, 0.3) is 20.0 Å². The molecule has 0 radical (unpaired) electrons. The molecule has 0 spiro atoms. The van der Waals surface area contributed by atoms with Crippen LogP contribution >= 0.6 is 22.7 Å². The van der Waals surface area contributed by atoms with Crippen LogP contribution in [0.2, 0.25) is 0 Å². The number of nitrogens with zero attached hydrogens (tertiary/aromatic N) is 6. The molecule has 4 N–H and O–H groups in total. The summed E-state index contributed by atoms with van der Waals surface area (Å²) in [6, 6.07) is 22.1. The molecule has 0 bridgehead atoms. The fourth-order valence-corrected chi connectivity index (χ4v) is 14.2. The number of benzene rings is 2. The molecule has 16 nitrogen and oxygen atoms in total. The Kier molecular flexibility index (Phi) is 16.7. The van der Waals surface area contributed by atoms with Gasteiger partial charge in [0.05, 0.1) is 75.0 Å². The Balaban J connectivity index is 0.000000196. The predicted molar refractivity (Wildman–Crippen MR) is 258 cm³/mol. The highest BCUT2D eigenvalue weighted by molar-refractivity contribution is 7.91. The summed E-state index contributed by atoms with van der Waals surface area (Å²) in [5, 5.41) is 43.8. The van der Waals surface area contributed by atoms with E-state index in [0.717, 1.165) is 22.5 Å². The Morgan fingerprint density at radius 3 is 1.26 bits per heavy atom. The van der Waals surface area contributed by atoms with E-state index >= 15 is 0 Å². The zero-order valence-corrected chi connectivity index (χ0v) is 41.5. The molecular formula is C46H66N6O10S4. The van der Waals surface area contributed by atoms with E-state index in [1.165, 1.54) is 22.7 Å². The maximum atomic E-state index is 13.2. The van der Waals surface area contributed by atoms with Crippen LogP contribution in [0.1, 0.15) is 38.8 Å². The van der Waals surface area contributed by atoms with Crippen LogP contribution in [0.15, 0.2) is 92.0 Å². The van der Waals surface area contributed by atoms with E-state index in [9.17, 15) is 37.3 Å². The summed E-state index contributed by atoms with van der Waals surface area (Å²) >= 11 is 2.48. The van der Waals surface area contributed by atoms with Crippen molar-refractivity contribution in [2.75, 3.05) is 115 Å². The van der Waals surface area contributed by atoms with Crippen molar-refractivity contribution in [3.8, 4) is 0 Å². The first-order valence-electron chi connectivity index (χ1n) is 22.5. The highest BCUT2D eigenvalue weighted by atomic mass is 32.3. The minimum atomic E-state index is -3.54. The zero-order valence-electron chi connectivity index (χ0n) is 38.3. The molecule has 8 rings (SSSR count). The molecular weight excluding hydrogens is 925 g/mol. The number of sulfonamides is 2. The molecule has 4 aromatic rings.